The van der Waals surface area contributed by atoms with Gasteiger partial charge >= 0.3 is 0 Å². The zero-order valence-corrected chi connectivity index (χ0v) is 16.9. The second kappa shape index (κ2) is 9.99. The topological polar surface area (TPSA) is 27.1 Å². The van der Waals surface area contributed by atoms with Crippen molar-refractivity contribution in [1.29, 1.82) is 0 Å². The number of rotatable bonds is 9. The van der Waals surface area contributed by atoms with Crippen LogP contribution >= 0.6 is 0 Å². The molecule has 30 heavy (non-hydrogen) atoms. The maximum Gasteiger partial charge on any atom is 0.168 e. The Kier molecular flexibility index (Phi) is 6.68. The molecule has 3 aromatic carbocycles. The Labute approximate surface area is 176 Å². The van der Waals surface area contributed by atoms with Crippen molar-refractivity contribution in [3.63, 3.8) is 0 Å². The molecule has 0 aliphatic heterocycles. The highest BCUT2D eigenvalue weighted by Gasteiger charge is 2.18. The van der Waals surface area contributed by atoms with Crippen LogP contribution in [0.25, 0.3) is 0 Å². The summed E-state index contributed by atoms with van der Waals surface area (Å²) >= 11 is 0. The average molecular weight is 400 g/mol. The number of nitrogens with zero attached hydrogens (tertiary/aromatic N) is 2. The highest BCUT2D eigenvalue weighted by Crippen LogP contribution is 2.20. The van der Waals surface area contributed by atoms with Crippen molar-refractivity contribution in [3.05, 3.63) is 125 Å². The summed E-state index contributed by atoms with van der Waals surface area (Å²) in [6.45, 7) is 1.53. The number of ether oxygens (including phenoxy) is 1. The van der Waals surface area contributed by atoms with Crippen molar-refractivity contribution >= 4 is 0 Å². The van der Waals surface area contributed by atoms with Crippen molar-refractivity contribution in [1.82, 2.24) is 9.78 Å². The van der Waals surface area contributed by atoms with E-state index < -0.39 is 0 Å². The molecular weight excluding hydrogens is 375 g/mol. The lowest BCUT2D eigenvalue weighted by Gasteiger charge is -2.09. The second-order valence-corrected chi connectivity index (χ2v) is 7.29. The van der Waals surface area contributed by atoms with Crippen LogP contribution in [0.1, 0.15) is 28.1 Å². The Bertz CT molecular complexity index is 1050. The number of aromatic nitrogens is 2. The van der Waals surface area contributed by atoms with Gasteiger partial charge in [0.1, 0.15) is 5.69 Å². The Morgan fingerprint density at radius 3 is 1.83 bits per heavy atom. The molecule has 0 radical (unpaired) electrons. The van der Waals surface area contributed by atoms with Crippen LogP contribution in [0.2, 0.25) is 0 Å². The summed E-state index contributed by atoms with van der Waals surface area (Å²) in [6, 6.07) is 29.9. The highest BCUT2D eigenvalue weighted by molar-refractivity contribution is 5.28. The zero-order chi connectivity index (χ0) is 20.6. The molecule has 4 rings (SSSR count). The molecule has 0 saturated carbocycles. The van der Waals surface area contributed by atoms with Crippen LogP contribution in [0.15, 0.2) is 91.0 Å². The van der Waals surface area contributed by atoms with E-state index in [1.165, 1.54) is 0 Å². The largest absolute Gasteiger partial charge is 0.375 e. The molecule has 3 nitrogen and oxygen atoms in total. The van der Waals surface area contributed by atoms with Crippen molar-refractivity contribution in [2.24, 2.45) is 0 Å². The molecule has 4 heteroatoms. The molecule has 0 fully saturated rings. The first-order valence-corrected chi connectivity index (χ1v) is 10.2. The van der Waals surface area contributed by atoms with E-state index in [0.717, 1.165) is 16.7 Å². The Balaban J connectivity index is 1.50. The number of hydrogen-bond donors (Lipinski definition) is 0. The minimum atomic E-state index is -0.217. The van der Waals surface area contributed by atoms with Gasteiger partial charge in [-0.1, -0.05) is 91.0 Å². The lowest BCUT2D eigenvalue weighted by atomic mass is 10.1. The fourth-order valence-electron chi connectivity index (χ4n) is 3.49. The van der Waals surface area contributed by atoms with Gasteiger partial charge < -0.3 is 4.74 Å². The van der Waals surface area contributed by atoms with E-state index in [1.807, 2.05) is 91.0 Å². The van der Waals surface area contributed by atoms with Crippen LogP contribution < -0.4 is 0 Å². The molecule has 0 unspecified atom stereocenters. The van der Waals surface area contributed by atoms with Crippen molar-refractivity contribution in [3.8, 4) is 0 Å². The number of benzene rings is 3. The Morgan fingerprint density at radius 2 is 1.23 bits per heavy atom. The van der Waals surface area contributed by atoms with E-state index in [1.54, 1.807) is 4.68 Å². The fourth-order valence-corrected chi connectivity index (χ4v) is 3.49. The molecule has 0 aliphatic carbocycles. The molecule has 4 aromatic rings. The minimum Gasteiger partial charge on any atom is -0.375 e. The van der Waals surface area contributed by atoms with E-state index in [9.17, 15) is 0 Å². The Hall–Kier alpha value is -3.24. The summed E-state index contributed by atoms with van der Waals surface area (Å²) in [6.07, 6.45) is 0.986. The second-order valence-electron chi connectivity index (χ2n) is 7.29. The third-order valence-corrected chi connectivity index (χ3v) is 5.05. The summed E-state index contributed by atoms with van der Waals surface area (Å²) in [7, 11) is 0. The van der Waals surface area contributed by atoms with Crippen LogP contribution in [0, 0.1) is 5.82 Å². The maximum absolute atomic E-state index is 15.3. The number of halogens is 1. The molecule has 0 amide bonds. The molecule has 0 N–H and O–H groups in total. The molecule has 0 atom stereocenters. The lowest BCUT2D eigenvalue weighted by Crippen LogP contribution is -2.11. The first-order chi connectivity index (χ1) is 14.8. The molecule has 0 bridgehead atoms. The fraction of sp³-hybridized carbons (Fsp3) is 0.192. The predicted octanol–water partition coefficient (Wildman–Crippen LogP) is 5.42. The van der Waals surface area contributed by atoms with Crippen LogP contribution in [0.5, 0.6) is 0 Å². The van der Waals surface area contributed by atoms with Crippen LogP contribution in [-0.4, -0.2) is 16.4 Å². The molecule has 152 valence electrons. The van der Waals surface area contributed by atoms with Gasteiger partial charge in [-0.3, -0.25) is 4.68 Å². The average Bonchev–Trinajstić information content (AvgIpc) is 3.08. The summed E-state index contributed by atoms with van der Waals surface area (Å²) in [5, 5.41) is 4.61. The third kappa shape index (κ3) is 5.22. The summed E-state index contributed by atoms with van der Waals surface area (Å²) < 4.78 is 22.9. The van der Waals surface area contributed by atoms with Crippen LogP contribution in [0.4, 0.5) is 4.39 Å². The highest BCUT2D eigenvalue weighted by atomic mass is 19.1. The standard InChI is InChI=1S/C26H25FN2O/c27-26-24(18-21-10-4-1-5-11-21)28-29(25(26)19-22-12-6-2-7-13-22)16-17-30-20-23-14-8-3-9-15-23/h1-15H,16-20H2. The normalized spacial score (nSPS) is 11.0. The molecule has 0 aliphatic rings. The quantitative estimate of drug-likeness (QED) is 0.351. The molecule has 0 saturated heterocycles. The minimum absolute atomic E-state index is 0.217. The van der Waals surface area contributed by atoms with E-state index in [-0.39, 0.29) is 5.82 Å². The van der Waals surface area contributed by atoms with Gasteiger partial charge in [0, 0.05) is 12.8 Å². The van der Waals surface area contributed by atoms with E-state index in [0.29, 0.717) is 44.0 Å². The molecular formula is C26H25FN2O. The molecule has 1 aromatic heterocycles. The number of hydrogen-bond acceptors (Lipinski definition) is 2. The van der Waals surface area contributed by atoms with Crippen molar-refractivity contribution in [2.45, 2.75) is 26.0 Å². The summed E-state index contributed by atoms with van der Waals surface area (Å²) in [4.78, 5) is 0. The first kappa shape index (κ1) is 20.0. The third-order valence-electron chi connectivity index (χ3n) is 5.05. The maximum atomic E-state index is 15.3. The smallest absolute Gasteiger partial charge is 0.168 e. The molecule has 1 heterocycles. The van der Waals surface area contributed by atoms with Gasteiger partial charge in [-0.05, 0) is 16.7 Å². The van der Waals surface area contributed by atoms with E-state index >= 15 is 4.39 Å². The monoisotopic (exact) mass is 400 g/mol. The van der Waals surface area contributed by atoms with Gasteiger partial charge in [-0.2, -0.15) is 5.10 Å². The van der Waals surface area contributed by atoms with Gasteiger partial charge in [0.05, 0.1) is 25.5 Å². The van der Waals surface area contributed by atoms with Gasteiger partial charge in [0.2, 0.25) is 0 Å². The Morgan fingerprint density at radius 1 is 0.700 bits per heavy atom. The van der Waals surface area contributed by atoms with Crippen molar-refractivity contribution < 1.29 is 9.13 Å². The summed E-state index contributed by atoms with van der Waals surface area (Å²) in [5.74, 6) is -0.217. The van der Waals surface area contributed by atoms with Gasteiger partial charge in [-0.25, -0.2) is 4.39 Å². The predicted molar refractivity (Wildman–Crippen MR) is 117 cm³/mol. The van der Waals surface area contributed by atoms with Gasteiger partial charge in [-0.15, -0.1) is 0 Å². The van der Waals surface area contributed by atoms with Crippen LogP contribution in [0.3, 0.4) is 0 Å². The van der Waals surface area contributed by atoms with E-state index in [4.69, 9.17) is 4.74 Å². The van der Waals surface area contributed by atoms with E-state index in [2.05, 4.69) is 5.10 Å². The zero-order valence-electron chi connectivity index (χ0n) is 16.9. The molecule has 0 spiro atoms. The van der Waals surface area contributed by atoms with Gasteiger partial charge in [0.25, 0.3) is 0 Å². The summed E-state index contributed by atoms with van der Waals surface area (Å²) in [5.41, 5.74) is 4.32. The SMILES string of the molecule is Fc1c(Cc2ccccc2)nn(CCOCc2ccccc2)c1Cc1ccccc1. The van der Waals surface area contributed by atoms with Gasteiger partial charge in [0.15, 0.2) is 5.82 Å². The van der Waals surface area contributed by atoms with Crippen molar-refractivity contribution in [2.75, 3.05) is 6.61 Å². The lowest BCUT2D eigenvalue weighted by molar-refractivity contribution is 0.110. The first-order valence-electron chi connectivity index (χ1n) is 10.2. The van der Waals surface area contributed by atoms with Crippen LogP contribution in [-0.2, 0) is 30.7 Å².